The fourth-order valence-electron chi connectivity index (χ4n) is 4.77. The Bertz CT molecular complexity index is 1510. The molecule has 3 aromatic rings. The number of aromatic nitrogens is 2. The van der Waals surface area contributed by atoms with Gasteiger partial charge < -0.3 is 25.6 Å². The van der Waals surface area contributed by atoms with Crippen molar-refractivity contribution in [1.82, 2.24) is 24.1 Å². The molecule has 1 fully saturated rings. The Labute approximate surface area is 217 Å². The van der Waals surface area contributed by atoms with Gasteiger partial charge in [-0.25, -0.2) is 13.4 Å². The molecule has 0 saturated carbocycles. The summed E-state index contributed by atoms with van der Waals surface area (Å²) in [6, 6.07) is 5.57. The second-order valence-corrected chi connectivity index (χ2v) is 12.3. The zero-order valence-corrected chi connectivity index (χ0v) is 21.7. The number of likely N-dealkylation sites (N-methyl/N-ethyl adjacent to an activating group) is 1. The van der Waals surface area contributed by atoms with Crippen LogP contribution in [0.1, 0.15) is 32.4 Å². The summed E-state index contributed by atoms with van der Waals surface area (Å²) in [6.45, 7) is 1.48. The Morgan fingerprint density at radius 1 is 1.27 bits per heavy atom. The van der Waals surface area contributed by atoms with E-state index in [4.69, 9.17) is 11.1 Å². The van der Waals surface area contributed by atoms with Gasteiger partial charge in [0.05, 0.1) is 18.2 Å². The maximum atomic E-state index is 13.5. The van der Waals surface area contributed by atoms with Crippen LogP contribution in [0.5, 0.6) is 0 Å². The zero-order valence-electron chi connectivity index (χ0n) is 20.1. The molecule has 37 heavy (non-hydrogen) atoms. The van der Waals surface area contributed by atoms with Crippen molar-refractivity contribution in [3.8, 4) is 0 Å². The number of rotatable bonds is 6. The predicted molar refractivity (Wildman–Crippen MR) is 137 cm³/mol. The number of nitrogens with zero attached hydrogens (tertiary/aromatic N) is 4. The summed E-state index contributed by atoms with van der Waals surface area (Å²) < 4.78 is 28.2. The van der Waals surface area contributed by atoms with Crippen molar-refractivity contribution < 1.29 is 23.1 Å². The number of amidine groups is 1. The van der Waals surface area contributed by atoms with Crippen molar-refractivity contribution >= 4 is 50.0 Å². The lowest BCUT2D eigenvalue weighted by Crippen LogP contribution is -2.57. The van der Waals surface area contributed by atoms with Gasteiger partial charge in [0.2, 0.25) is 0 Å². The van der Waals surface area contributed by atoms with Gasteiger partial charge in [-0.2, -0.15) is 4.31 Å². The number of aliphatic carboxylic acids is 1. The highest BCUT2D eigenvalue weighted by atomic mass is 32.2. The number of benzene rings is 1. The number of nitrogens with one attached hydrogen (secondary N) is 2. The van der Waals surface area contributed by atoms with Gasteiger partial charge in [0, 0.05) is 60.5 Å². The topological polar surface area (TPSA) is 177 Å². The molecule has 5 rings (SSSR count). The molecule has 4 heterocycles. The van der Waals surface area contributed by atoms with E-state index in [1.165, 1.54) is 26.6 Å². The van der Waals surface area contributed by atoms with Crippen LogP contribution < -0.4 is 5.73 Å². The molecule has 14 heteroatoms. The van der Waals surface area contributed by atoms with Crippen LogP contribution in [-0.2, 0) is 27.8 Å². The first-order chi connectivity index (χ1) is 17.5. The van der Waals surface area contributed by atoms with E-state index in [1.54, 1.807) is 18.2 Å². The fraction of sp³-hybridized carbons (Fsp3) is 0.391. The molecule has 2 aliphatic heterocycles. The molecule has 1 atom stereocenters. The molecular formula is C23H27N7O5S2. The number of thiazole rings is 1. The van der Waals surface area contributed by atoms with Crippen molar-refractivity contribution in [1.29, 1.82) is 5.41 Å². The van der Waals surface area contributed by atoms with Gasteiger partial charge in [-0.3, -0.25) is 15.0 Å². The number of hydrogen-bond acceptors (Lipinski definition) is 8. The number of carbonyl (C=O) groups is 2. The van der Waals surface area contributed by atoms with Gasteiger partial charge in [-0.1, -0.05) is 12.1 Å². The van der Waals surface area contributed by atoms with E-state index in [0.29, 0.717) is 28.0 Å². The van der Waals surface area contributed by atoms with Crippen LogP contribution in [0, 0.1) is 5.41 Å². The summed E-state index contributed by atoms with van der Waals surface area (Å²) in [5.41, 5.74) is 7.41. The molecule has 0 radical (unpaired) electrons. The summed E-state index contributed by atoms with van der Waals surface area (Å²) >= 11 is 1.32. The first kappa shape index (κ1) is 25.3. The molecule has 1 aromatic carbocycles. The van der Waals surface area contributed by atoms with Crippen molar-refractivity contribution in [2.45, 2.75) is 30.5 Å². The van der Waals surface area contributed by atoms with Crippen LogP contribution >= 0.6 is 11.3 Å². The molecular weight excluding hydrogens is 518 g/mol. The van der Waals surface area contributed by atoms with Crippen LogP contribution in [0.3, 0.4) is 0 Å². The highest BCUT2D eigenvalue weighted by molar-refractivity contribution is 7.89. The Morgan fingerprint density at radius 2 is 2.05 bits per heavy atom. The normalized spacial score (nSPS) is 19.2. The lowest BCUT2D eigenvalue weighted by atomic mass is 10.1. The van der Waals surface area contributed by atoms with Crippen LogP contribution in [0.4, 0.5) is 0 Å². The number of carbonyl (C=O) groups excluding carboxylic acids is 1. The first-order valence-corrected chi connectivity index (χ1v) is 14.0. The van der Waals surface area contributed by atoms with Gasteiger partial charge in [-0.15, -0.1) is 11.3 Å². The fourth-order valence-corrected chi connectivity index (χ4v) is 7.40. The second-order valence-electron chi connectivity index (χ2n) is 9.34. The van der Waals surface area contributed by atoms with E-state index in [2.05, 4.69) is 14.9 Å². The number of nitrogens with two attached hydrogens (primary N) is 1. The predicted octanol–water partition coefficient (Wildman–Crippen LogP) is 0.886. The lowest BCUT2D eigenvalue weighted by molar-refractivity contribution is -0.138. The molecule has 5 N–H and O–H groups in total. The molecule has 0 aliphatic carbocycles. The minimum Gasteiger partial charge on any atom is -0.481 e. The number of fused-ring (bicyclic) bond motifs is 2. The number of amides is 1. The van der Waals surface area contributed by atoms with Gasteiger partial charge in [0.1, 0.15) is 10.9 Å². The number of hydrogen-bond donors (Lipinski definition) is 4. The molecule has 12 nitrogen and oxygen atoms in total. The Balaban J connectivity index is 1.39. The Kier molecular flexibility index (Phi) is 6.52. The SMILES string of the molecule is CN1CCc2nc(C(=O)N3CCN(S(=O)(=O)c4cc5ccc(C(=N)N)cc5[nH]4)CC3CC(=O)O)sc2C1. The summed E-state index contributed by atoms with van der Waals surface area (Å²) in [5, 5.41) is 18.0. The molecule has 1 unspecified atom stereocenters. The van der Waals surface area contributed by atoms with Gasteiger partial charge in [0.25, 0.3) is 15.9 Å². The van der Waals surface area contributed by atoms with E-state index in [-0.39, 0.29) is 42.8 Å². The van der Waals surface area contributed by atoms with Crippen LogP contribution in [0.15, 0.2) is 29.3 Å². The van der Waals surface area contributed by atoms with Crippen molar-refractivity contribution in [2.75, 3.05) is 33.2 Å². The minimum absolute atomic E-state index is 0.0199. The number of H-pyrrole nitrogens is 1. The third-order valence-electron chi connectivity index (χ3n) is 6.75. The maximum Gasteiger partial charge on any atom is 0.305 e. The van der Waals surface area contributed by atoms with Crippen LogP contribution in [0.2, 0.25) is 0 Å². The molecule has 1 amide bonds. The number of carboxylic acids is 1. The number of piperazine rings is 1. The number of carboxylic acid groups (broad SMARTS) is 1. The molecule has 0 bridgehead atoms. The average Bonchev–Trinajstić information content (AvgIpc) is 3.47. The molecule has 2 aliphatic rings. The third-order valence-corrected chi connectivity index (χ3v) is 9.61. The van der Waals surface area contributed by atoms with Crippen molar-refractivity contribution in [2.24, 2.45) is 5.73 Å². The summed E-state index contributed by atoms with van der Waals surface area (Å²) in [6.07, 6.45) is 0.360. The van der Waals surface area contributed by atoms with Gasteiger partial charge in [0.15, 0.2) is 5.01 Å². The van der Waals surface area contributed by atoms with Gasteiger partial charge in [-0.05, 0) is 19.2 Å². The number of nitrogen functional groups attached to an aromatic ring is 1. The van der Waals surface area contributed by atoms with Crippen LogP contribution in [-0.4, -0.2) is 94.6 Å². The zero-order chi connectivity index (χ0) is 26.5. The second kappa shape index (κ2) is 9.52. The van der Waals surface area contributed by atoms with E-state index < -0.39 is 22.0 Å². The minimum atomic E-state index is -4.00. The first-order valence-electron chi connectivity index (χ1n) is 11.7. The van der Waals surface area contributed by atoms with E-state index in [1.807, 2.05) is 7.05 Å². The highest BCUT2D eigenvalue weighted by Crippen LogP contribution is 2.29. The number of aromatic amines is 1. The Hall–Kier alpha value is -3.33. The monoisotopic (exact) mass is 545 g/mol. The van der Waals surface area contributed by atoms with E-state index in [0.717, 1.165) is 23.5 Å². The highest BCUT2D eigenvalue weighted by Gasteiger charge is 2.39. The van der Waals surface area contributed by atoms with Crippen LogP contribution in [0.25, 0.3) is 10.9 Å². The van der Waals surface area contributed by atoms with Crippen molar-refractivity contribution in [3.05, 3.63) is 45.4 Å². The largest absolute Gasteiger partial charge is 0.481 e. The van der Waals surface area contributed by atoms with E-state index in [9.17, 15) is 23.1 Å². The number of sulfonamides is 1. The van der Waals surface area contributed by atoms with Crippen molar-refractivity contribution in [3.63, 3.8) is 0 Å². The summed E-state index contributed by atoms with van der Waals surface area (Å²) in [4.78, 5) is 37.1. The molecule has 1 saturated heterocycles. The third kappa shape index (κ3) is 4.84. The average molecular weight is 546 g/mol. The summed E-state index contributed by atoms with van der Waals surface area (Å²) in [5.74, 6) is -1.62. The smallest absolute Gasteiger partial charge is 0.305 e. The summed E-state index contributed by atoms with van der Waals surface area (Å²) in [7, 11) is -2.00. The maximum absolute atomic E-state index is 13.5. The lowest BCUT2D eigenvalue weighted by Gasteiger charge is -2.39. The molecule has 0 spiro atoms. The molecule has 2 aromatic heterocycles. The Morgan fingerprint density at radius 3 is 2.78 bits per heavy atom. The standard InChI is InChI=1S/C23H27N7O5S2/c1-28-5-4-16-18(12-28)36-22(27-16)23(33)30-7-6-29(11-15(30)10-20(31)32)37(34,35)19-9-13-2-3-14(21(24)25)8-17(13)26-19/h2-3,8-9,15,26H,4-7,10-12H2,1H3,(H3,24,25)(H,31,32). The van der Waals surface area contributed by atoms with E-state index >= 15 is 0 Å². The van der Waals surface area contributed by atoms with Gasteiger partial charge >= 0.3 is 5.97 Å². The quantitative estimate of drug-likeness (QED) is 0.261. The molecule has 196 valence electrons.